The Labute approximate surface area is 132 Å². The molecule has 4 nitrogen and oxygen atoms in total. The highest BCUT2D eigenvalue weighted by Gasteiger charge is 2.27. The third kappa shape index (κ3) is 3.61. The van der Waals surface area contributed by atoms with Crippen LogP contribution < -0.4 is 10.5 Å². The third-order valence-electron chi connectivity index (χ3n) is 4.86. The van der Waals surface area contributed by atoms with Gasteiger partial charge < -0.3 is 15.4 Å². The maximum absolute atomic E-state index is 12.8. The number of piperidine rings is 1. The van der Waals surface area contributed by atoms with Gasteiger partial charge in [-0.1, -0.05) is 12.1 Å². The Morgan fingerprint density at radius 3 is 2.59 bits per heavy atom. The zero-order valence-corrected chi connectivity index (χ0v) is 13.3. The van der Waals surface area contributed by atoms with Crippen molar-refractivity contribution in [1.82, 2.24) is 4.90 Å². The summed E-state index contributed by atoms with van der Waals surface area (Å²) in [5.74, 6) is 2.04. The minimum absolute atomic E-state index is 0.0921. The summed E-state index contributed by atoms with van der Waals surface area (Å²) in [6, 6.07) is 7.84. The van der Waals surface area contributed by atoms with Crippen LogP contribution in [0.1, 0.15) is 43.0 Å². The molecule has 1 atom stereocenters. The normalized spacial score (nSPS) is 20.7. The summed E-state index contributed by atoms with van der Waals surface area (Å²) < 4.78 is 5.86. The number of rotatable bonds is 5. The molecule has 3 rings (SSSR count). The van der Waals surface area contributed by atoms with Gasteiger partial charge >= 0.3 is 0 Å². The van der Waals surface area contributed by atoms with Gasteiger partial charge in [0.05, 0.1) is 12.2 Å². The highest BCUT2D eigenvalue weighted by molar-refractivity contribution is 5.97. The smallest absolute Gasteiger partial charge is 0.257 e. The average molecular weight is 302 g/mol. The van der Waals surface area contributed by atoms with Crippen LogP contribution in [0.3, 0.4) is 0 Å². The largest absolute Gasteiger partial charge is 0.492 e. The van der Waals surface area contributed by atoms with Gasteiger partial charge in [0.25, 0.3) is 5.91 Å². The number of benzene rings is 1. The summed E-state index contributed by atoms with van der Waals surface area (Å²) in [6.45, 7) is 4.38. The van der Waals surface area contributed by atoms with E-state index in [4.69, 9.17) is 10.5 Å². The van der Waals surface area contributed by atoms with Crippen molar-refractivity contribution in [3.05, 3.63) is 29.8 Å². The number of likely N-dealkylation sites (tertiary alicyclic amines) is 1. The maximum atomic E-state index is 12.8. The Morgan fingerprint density at radius 2 is 1.95 bits per heavy atom. The number of carbonyl (C=O) groups excluding carboxylic acids is 1. The highest BCUT2D eigenvalue weighted by Crippen LogP contribution is 2.31. The lowest BCUT2D eigenvalue weighted by Gasteiger charge is -2.34. The molecular formula is C18H26N2O2. The summed E-state index contributed by atoms with van der Waals surface area (Å²) in [5.41, 5.74) is 6.67. The lowest BCUT2D eigenvalue weighted by Crippen LogP contribution is -2.42. The van der Waals surface area contributed by atoms with Crippen molar-refractivity contribution in [2.45, 2.75) is 38.6 Å². The molecule has 1 heterocycles. The van der Waals surface area contributed by atoms with E-state index in [1.54, 1.807) is 0 Å². The average Bonchev–Trinajstić information content (AvgIpc) is 3.37. The minimum Gasteiger partial charge on any atom is -0.492 e. The highest BCUT2D eigenvalue weighted by atomic mass is 16.5. The second kappa shape index (κ2) is 6.69. The standard InChI is InChI=1S/C18H26N2O2/c1-13(19)15-8-10-20(11-9-15)18(21)16-4-2-3-5-17(16)22-12-14-6-7-14/h2-5,13-15H,6-12,19H2,1H3. The van der Waals surface area contributed by atoms with Gasteiger partial charge in [-0.3, -0.25) is 4.79 Å². The van der Waals surface area contributed by atoms with E-state index in [0.717, 1.165) is 38.3 Å². The van der Waals surface area contributed by atoms with Gasteiger partial charge in [0.1, 0.15) is 5.75 Å². The fourth-order valence-corrected chi connectivity index (χ4v) is 3.06. The molecule has 1 saturated carbocycles. The first-order valence-electron chi connectivity index (χ1n) is 8.42. The molecule has 1 saturated heterocycles. The lowest BCUT2D eigenvalue weighted by atomic mass is 9.90. The molecule has 1 aliphatic carbocycles. The first kappa shape index (κ1) is 15.3. The number of nitrogens with zero attached hydrogens (tertiary/aromatic N) is 1. The van der Waals surface area contributed by atoms with E-state index < -0.39 is 0 Å². The van der Waals surface area contributed by atoms with Crippen molar-refractivity contribution in [2.75, 3.05) is 19.7 Å². The van der Waals surface area contributed by atoms with Crippen molar-refractivity contribution in [1.29, 1.82) is 0 Å². The Kier molecular flexibility index (Phi) is 4.67. The van der Waals surface area contributed by atoms with Gasteiger partial charge in [-0.05, 0) is 56.6 Å². The summed E-state index contributed by atoms with van der Waals surface area (Å²) in [7, 11) is 0. The van der Waals surface area contributed by atoms with Gasteiger partial charge in [0, 0.05) is 19.1 Å². The lowest BCUT2D eigenvalue weighted by molar-refractivity contribution is 0.0676. The summed E-state index contributed by atoms with van der Waals surface area (Å²) in [6.07, 6.45) is 4.49. The fraction of sp³-hybridized carbons (Fsp3) is 0.611. The van der Waals surface area contributed by atoms with E-state index in [1.807, 2.05) is 29.2 Å². The van der Waals surface area contributed by atoms with Crippen molar-refractivity contribution < 1.29 is 9.53 Å². The van der Waals surface area contributed by atoms with Gasteiger partial charge in [-0.15, -0.1) is 0 Å². The Balaban J connectivity index is 1.64. The number of nitrogens with two attached hydrogens (primary N) is 1. The molecule has 1 aromatic carbocycles. The van der Waals surface area contributed by atoms with E-state index >= 15 is 0 Å². The molecule has 2 aliphatic rings. The number of ether oxygens (including phenoxy) is 1. The molecule has 1 amide bonds. The van der Waals surface area contributed by atoms with Gasteiger partial charge in [0.2, 0.25) is 0 Å². The SMILES string of the molecule is CC(N)C1CCN(C(=O)c2ccccc2OCC2CC2)CC1. The van der Waals surface area contributed by atoms with E-state index in [0.29, 0.717) is 17.4 Å². The summed E-state index contributed by atoms with van der Waals surface area (Å²) >= 11 is 0. The van der Waals surface area contributed by atoms with Crippen molar-refractivity contribution in [2.24, 2.45) is 17.6 Å². The molecule has 2 N–H and O–H groups in total. The van der Waals surface area contributed by atoms with E-state index in [9.17, 15) is 4.79 Å². The molecule has 1 aromatic rings. The molecular weight excluding hydrogens is 276 g/mol. The molecule has 120 valence electrons. The van der Waals surface area contributed by atoms with Crippen LogP contribution in [0.2, 0.25) is 0 Å². The maximum Gasteiger partial charge on any atom is 0.257 e. The second-order valence-corrected chi connectivity index (χ2v) is 6.74. The molecule has 0 spiro atoms. The fourth-order valence-electron chi connectivity index (χ4n) is 3.06. The summed E-state index contributed by atoms with van der Waals surface area (Å²) in [5, 5.41) is 0. The van der Waals surface area contributed by atoms with Crippen molar-refractivity contribution >= 4 is 5.91 Å². The third-order valence-corrected chi connectivity index (χ3v) is 4.86. The van der Waals surface area contributed by atoms with Crippen molar-refractivity contribution in [3.8, 4) is 5.75 Å². The van der Waals surface area contributed by atoms with E-state index in [-0.39, 0.29) is 11.9 Å². The number of para-hydroxylation sites is 1. The predicted molar refractivity (Wildman–Crippen MR) is 86.9 cm³/mol. The van der Waals surface area contributed by atoms with Gasteiger partial charge in [-0.2, -0.15) is 0 Å². The van der Waals surface area contributed by atoms with E-state index in [1.165, 1.54) is 12.8 Å². The molecule has 2 fully saturated rings. The predicted octanol–water partition coefficient (Wildman–Crippen LogP) is 2.67. The molecule has 1 aliphatic heterocycles. The molecule has 0 bridgehead atoms. The Morgan fingerprint density at radius 1 is 1.27 bits per heavy atom. The van der Waals surface area contributed by atoms with Crippen LogP contribution in [0.25, 0.3) is 0 Å². The van der Waals surface area contributed by atoms with Gasteiger partial charge in [-0.25, -0.2) is 0 Å². The Bertz CT molecular complexity index is 518. The molecule has 22 heavy (non-hydrogen) atoms. The molecule has 0 aromatic heterocycles. The minimum atomic E-state index is 0.0921. The van der Waals surface area contributed by atoms with Crippen LogP contribution in [-0.2, 0) is 0 Å². The molecule has 4 heteroatoms. The number of amides is 1. The molecule has 1 unspecified atom stereocenters. The van der Waals surface area contributed by atoms with Crippen LogP contribution >= 0.6 is 0 Å². The number of hydrogen-bond donors (Lipinski definition) is 1. The monoisotopic (exact) mass is 302 g/mol. The topological polar surface area (TPSA) is 55.6 Å². The first-order valence-corrected chi connectivity index (χ1v) is 8.42. The van der Waals surface area contributed by atoms with Crippen LogP contribution in [0, 0.1) is 11.8 Å². The number of hydrogen-bond acceptors (Lipinski definition) is 3. The Hall–Kier alpha value is -1.55. The first-order chi connectivity index (χ1) is 10.6. The van der Waals surface area contributed by atoms with Crippen LogP contribution in [0.15, 0.2) is 24.3 Å². The zero-order chi connectivity index (χ0) is 15.5. The quantitative estimate of drug-likeness (QED) is 0.910. The summed E-state index contributed by atoms with van der Waals surface area (Å²) in [4.78, 5) is 14.7. The van der Waals surface area contributed by atoms with Crippen LogP contribution in [0.5, 0.6) is 5.75 Å². The zero-order valence-electron chi connectivity index (χ0n) is 13.3. The van der Waals surface area contributed by atoms with E-state index in [2.05, 4.69) is 6.92 Å². The second-order valence-electron chi connectivity index (χ2n) is 6.74. The van der Waals surface area contributed by atoms with Crippen LogP contribution in [-0.4, -0.2) is 36.5 Å². The number of carbonyl (C=O) groups is 1. The van der Waals surface area contributed by atoms with Gasteiger partial charge in [0.15, 0.2) is 0 Å². The van der Waals surface area contributed by atoms with Crippen molar-refractivity contribution in [3.63, 3.8) is 0 Å². The van der Waals surface area contributed by atoms with Crippen LogP contribution in [0.4, 0.5) is 0 Å². The molecule has 0 radical (unpaired) electrons.